The molecule has 7 unspecified atom stereocenters. The number of aliphatic hydroxyl groups is 5. The first-order valence-electron chi connectivity index (χ1n) is 34.0. The van der Waals surface area contributed by atoms with Crippen LogP contribution in [0.5, 0.6) is 0 Å². The molecular weight excluding hydrogens is 1010 g/mol. The lowest BCUT2D eigenvalue weighted by Crippen LogP contribution is -2.60. The first-order valence-corrected chi connectivity index (χ1v) is 34.0. The maximum absolute atomic E-state index is 13.1. The molecule has 1 heterocycles. The normalized spacial score (nSPS) is 19.0. The Bertz CT molecular complexity index is 1600. The molecule has 1 aliphatic rings. The summed E-state index contributed by atoms with van der Waals surface area (Å²) in [6, 6.07) is -0.832. The summed E-state index contributed by atoms with van der Waals surface area (Å²) < 4.78 is 11.3. The van der Waals surface area contributed by atoms with Crippen LogP contribution in [0.4, 0.5) is 0 Å². The molecule has 0 aromatic rings. The minimum atomic E-state index is -1.58. The van der Waals surface area contributed by atoms with E-state index in [-0.39, 0.29) is 12.5 Å². The average Bonchev–Trinajstić information content (AvgIpc) is 3.51. The van der Waals surface area contributed by atoms with E-state index in [2.05, 4.69) is 104 Å². The highest BCUT2D eigenvalue weighted by Crippen LogP contribution is 2.23. The van der Waals surface area contributed by atoms with Crippen molar-refractivity contribution < 1.29 is 39.8 Å². The van der Waals surface area contributed by atoms with Gasteiger partial charge in [0, 0.05) is 6.42 Å². The van der Waals surface area contributed by atoms with Crippen LogP contribution in [0.2, 0.25) is 0 Å². The molecule has 9 nitrogen and oxygen atoms in total. The molecule has 1 rings (SSSR count). The fraction of sp³-hybridized carbons (Fsp3) is 0.764. The summed E-state index contributed by atoms with van der Waals surface area (Å²) >= 11 is 0. The zero-order chi connectivity index (χ0) is 58.6. The zero-order valence-electron chi connectivity index (χ0n) is 52.3. The van der Waals surface area contributed by atoms with E-state index in [1.807, 2.05) is 6.08 Å². The smallest absolute Gasteiger partial charge is 0.220 e. The van der Waals surface area contributed by atoms with Crippen LogP contribution < -0.4 is 5.32 Å². The van der Waals surface area contributed by atoms with Gasteiger partial charge in [-0.1, -0.05) is 304 Å². The SMILES string of the molecule is CC/C=C\C/C=C\C/C=C\C/C=C\C/C=C\C/C=C\CCCCCCCCCCCCC(=O)NC(COC1OC(CO)C(O)C(O)C1O)C(O)/C=C/CC/C=C/CCCCCCCCCCCCCCCCCCCCCCCCC. The van der Waals surface area contributed by atoms with Gasteiger partial charge in [0.15, 0.2) is 6.29 Å². The van der Waals surface area contributed by atoms with Crippen molar-refractivity contribution in [3.05, 3.63) is 97.2 Å². The van der Waals surface area contributed by atoms with Crippen LogP contribution in [0.1, 0.15) is 296 Å². The third kappa shape index (κ3) is 49.1. The molecular formula is C72H127NO8. The number of amides is 1. The van der Waals surface area contributed by atoms with Gasteiger partial charge in [-0.3, -0.25) is 4.79 Å². The van der Waals surface area contributed by atoms with Gasteiger partial charge in [0.2, 0.25) is 5.91 Å². The number of unbranched alkanes of at least 4 members (excludes halogenated alkanes) is 34. The van der Waals surface area contributed by atoms with Crippen LogP contribution in [0.3, 0.4) is 0 Å². The van der Waals surface area contributed by atoms with E-state index in [1.165, 1.54) is 186 Å². The van der Waals surface area contributed by atoms with Crippen molar-refractivity contribution in [2.45, 2.75) is 339 Å². The Morgan fingerprint density at radius 1 is 0.432 bits per heavy atom. The first-order chi connectivity index (χ1) is 39.8. The van der Waals surface area contributed by atoms with Gasteiger partial charge in [-0.2, -0.15) is 0 Å². The van der Waals surface area contributed by atoms with Crippen LogP contribution in [0.25, 0.3) is 0 Å². The molecule has 0 aromatic carbocycles. The van der Waals surface area contributed by atoms with Crippen LogP contribution in [-0.2, 0) is 14.3 Å². The summed E-state index contributed by atoms with van der Waals surface area (Å²) in [5, 5.41) is 54.7. The number of carbonyl (C=O) groups is 1. The van der Waals surface area contributed by atoms with E-state index in [4.69, 9.17) is 9.47 Å². The standard InChI is InChI=1S/C72H127NO8/c1-3-5-7-9-11-13-15-17-19-21-23-25-27-29-31-33-35-37-39-41-43-45-47-49-51-53-55-57-59-61-66(75)65(64-80-72-71(79)70(78)69(77)67(63-74)81-72)73-68(76)62-60-58-56-54-52-50-48-46-44-42-40-38-36-34-32-30-28-26-24-22-20-18-16-14-12-10-8-6-4-2/h6,8,12,14,18,20,24,26,30,32,36,38,51,53,59,61,65-67,69-72,74-75,77-79H,3-5,7,9-11,13,15-17,19,21-23,25,27-29,31,33-35,37,39-50,52,54-58,60,62-64H2,1-2H3,(H,73,76)/b8-6-,14-12-,20-18-,26-24-,32-30-,38-36-,53-51+,61-59+. The Balaban J connectivity index is 2.19. The van der Waals surface area contributed by atoms with E-state index in [1.54, 1.807) is 6.08 Å². The zero-order valence-corrected chi connectivity index (χ0v) is 52.3. The summed E-state index contributed by atoms with van der Waals surface area (Å²) in [4.78, 5) is 13.1. The molecule has 0 aliphatic carbocycles. The molecule has 0 aromatic heterocycles. The van der Waals surface area contributed by atoms with Gasteiger partial charge in [-0.25, -0.2) is 0 Å². The molecule has 1 saturated heterocycles. The monoisotopic (exact) mass is 1130 g/mol. The second kappa shape index (κ2) is 60.2. The maximum atomic E-state index is 13.1. The maximum Gasteiger partial charge on any atom is 0.220 e. The van der Waals surface area contributed by atoms with E-state index >= 15 is 0 Å². The van der Waals surface area contributed by atoms with E-state index in [9.17, 15) is 30.3 Å². The number of ether oxygens (including phenoxy) is 2. The van der Waals surface area contributed by atoms with Gasteiger partial charge >= 0.3 is 0 Å². The lowest BCUT2D eigenvalue weighted by Gasteiger charge is -2.40. The van der Waals surface area contributed by atoms with Crippen molar-refractivity contribution in [1.82, 2.24) is 5.32 Å². The third-order valence-electron chi connectivity index (χ3n) is 15.6. The highest BCUT2D eigenvalue weighted by Gasteiger charge is 2.44. The van der Waals surface area contributed by atoms with Gasteiger partial charge < -0.3 is 40.3 Å². The molecule has 9 heteroatoms. The van der Waals surface area contributed by atoms with E-state index < -0.39 is 49.5 Å². The topological polar surface area (TPSA) is 149 Å². The molecule has 0 spiro atoms. The van der Waals surface area contributed by atoms with Crippen molar-refractivity contribution >= 4 is 5.91 Å². The largest absolute Gasteiger partial charge is 0.394 e. The molecule has 1 amide bonds. The van der Waals surface area contributed by atoms with Gasteiger partial charge in [0.05, 0.1) is 25.4 Å². The van der Waals surface area contributed by atoms with Gasteiger partial charge in [-0.15, -0.1) is 0 Å². The molecule has 1 aliphatic heterocycles. The van der Waals surface area contributed by atoms with Crippen molar-refractivity contribution in [1.29, 1.82) is 0 Å². The van der Waals surface area contributed by atoms with E-state index in [0.717, 1.165) is 89.9 Å². The van der Waals surface area contributed by atoms with Crippen molar-refractivity contribution in [2.75, 3.05) is 13.2 Å². The highest BCUT2D eigenvalue weighted by atomic mass is 16.7. The molecule has 7 atom stereocenters. The van der Waals surface area contributed by atoms with Crippen molar-refractivity contribution in [3.63, 3.8) is 0 Å². The molecule has 81 heavy (non-hydrogen) atoms. The van der Waals surface area contributed by atoms with Gasteiger partial charge in [-0.05, 0) is 83.5 Å². The predicted molar refractivity (Wildman–Crippen MR) is 345 cm³/mol. The van der Waals surface area contributed by atoms with Crippen LogP contribution >= 0.6 is 0 Å². The fourth-order valence-electron chi connectivity index (χ4n) is 10.4. The molecule has 0 radical (unpaired) electrons. The lowest BCUT2D eigenvalue weighted by atomic mass is 9.99. The van der Waals surface area contributed by atoms with Gasteiger partial charge in [0.25, 0.3) is 0 Å². The summed E-state index contributed by atoms with van der Waals surface area (Å²) in [6.45, 7) is 3.67. The fourth-order valence-corrected chi connectivity index (χ4v) is 10.4. The Kier molecular flexibility index (Phi) is 56.6. The highest BCUT2D eigenvalue weighted by molar-refractivity contribution is 5.76. The van der Waals surface area contributed by atoms with Crippen LogP contribution in [0, 0.1) is 0 Å². The number of nitrogens with one attached hydrogen (secondary N) is 1. The Morgan fingerprint density at radius 2 is 0.778 bits per heavy atom. The number of allylic oxidation sites excluding steroid dienone is 15. The lowest BCUT2D eigenvalue weighted by molar-refractivity contribution is -0.302. The molecule has 0 bridgehead atoms. The minimum absolute atomic E-state index is 0.192. The summed E-state index contributed by atoms with van der Waals surface area (Å²) in [5.74, 6) is -0.192. The first kappa shape index (κ1) is 76.1. The van der Waals surface area contributed by atoms with Crippen LogP contribution in [-0.4, -0.2) is 87.5 Å². The molecule has 1 fully saturated rings. The van der Waals surface area contributed by atoms with Crippen molar-refractivity contribution in [3.8, 4) is 0 Å². The van der Waals surface area contributed by atoms with E-state index in [0.29, 0.717) is 6.42 Å². The summed E-state index contributed by atoms with van der Waals surface area (Å²) in [5.41, 5.74) is 0. The second-order valence-corrected chi connectivity index (χ2v) is 23.2. The predicted octanol–water partition coefficient (Wildman–Crippen LogP) is 18.3. The third-order valence-corrected chi connectivity index (χ3v) is 15.6. The second-order valence-electron chi connectivity index (χ2n) is 23.2. The van der Waals surface area contributed by atoms with Gasteiger partial charge in [0.1, 0.15) is 24.4 Å². The Morgan fingerprint density at radius 3 is 1.19 bits per heavy atom. The molecule has 468 valence electrons. The quantitative estimate of drug-likeness (QED) is 0.0261. The minimum Gasteiger partial charge on any atom is -0.394 e. The Hall–Kier alpha value is -2.89. The summed E-state index contributed by atoms with van der Waals surface area (Å²) in [6.07, 6.45) is 80.7. The molecule has 0 saturated carbocycles. The number of hydrogen-bond acceptors (Lipinski definition) is 8. The average molecular weight is 1130 g/mol. The number of aliphatic hydroxyl groups excluding tert-OH is 5. The number of carbonyl (C=O) groups excluding carboxylic acids is 1. The van der Waals surface area contributed by atoms with Crippen molar-refractivity contribution in [2.24, 2.45) is 0 Å². The van der Waals surface area contributed by atoms with Crippen LogP contribution in [0.15, 0.2) is 97.2 Å². The summed E-state index contributed by atoms with van der Waals surface area (Å²) in [7, 11) is 0. The number of rotatable bonds is 58. The Labute approximate surface area is 498 Å². The number of hydrogen-bond donors (Lipinski definition) is 6. The molecule has 6 N–H and O–H groups in total.